The quantitative estimate of drug-likeness (QED) is 0.651. The molecule has 1 saturated carbocycles. The fourth-order valence-electron chi connectivity index (χ4n) is 1.94. The van der Waals surface area contributed by atoms with Crippen molar-refractivity contribution in [2.75, 3.05) is 19.0 Å². The number of amides is 1. The van der Waals surface area contributed by atoms with E-state index in [2.05, 4.69) is 10.1 Å². The van der Waals surface area contributed by atoms with E-state index in [1.165, 1.54) is 7.11 Å². The van der Waals surface area contributed by atoms with Gasteiger partial charge in [0.05, 0.1) is 19.4 Å². The van der Waals surface area contributed by atoms with Gasteiger partial charge in [0.1, 0.15) is 11.2 Å². The van der Waals surface area contributed by atoms with Crippen LogP contribution >= 0.6 is 0 Å². The molecule has 0 saturated heterocycles. The van der Waals surface area contributed by atoms with Gasteiger partial charge >= 0.3 is 5.97 Å². The second-order valence-corrected chi connectivity index (χ2v) is 4.46. The van der Waals surface area contributed by atoms with Crippen molar-refractivity contribution in [3.63, 3.8) is 0 Å². The standard InChI is InChI=1S/C14H17NO4/c1-3-19-11-7-5-4-6-10(11)15-12(16)14(8-9-14)13(17)18-2/h4-7H,3,8-9H2,1-2H3,(H,15,16). The van der Waals surface area contributed by atoms with Gasteiger partial charge in [0.2, 0.25) is 5.91 Å². The van der Waals surface area contributed by atoms with Crippen LogP contribution in [0.2, 0.25) is 0 Å². The molecule has 1 aromatic carbocycles. The Hall–Kier alpha value is -2.04. The predicted molar refractivity (Wildman–Crippen MR) is 69.9 cm³/mol. The summed E-state index contributed by atoms with van der Waals surface area (Å²) < 4.78 is 10.1. The minimum atomic E-state index is -1.01. The molecule has 5 heteroatoms. The maximum Gasteiger partial charge on any atom is 0.321 e. The van der Waals surface area contributed by atoms with Crippen molar-refractivity contribution in [3.8, 4) is 5.75 Å². The molecular formula is C14H17NO4. The number of benzene rings is 1. The molecule has 19 heavy (non-hydrogen) atoms. The molecule has 0 bridgehead atoms. The fourth-order valence-corrected chi connectivity index (χ4v) is 1.94. The average molecular weight is 263 g/mol. The Morgan fingerprint density at radius 2 is 2.00 bits per heavy atom. The van der Waals surface area contributed by atoms with E-state index < -0.39 is 11.4 Å². The number of esters is 1. The smallest absolute Gasteiger partial charge is 0.321 e. The van der Waals surface area contributed by atoms with Gasteiger partial charge in [-0.3, -0.25) is 9.59 Å². The van der Waals surface area contributed by atoms with Gasteiger partial charge in [-0.25, -0.2) is 0 Å². The van der Waals surface area contributed by atoms with Crippen molar-refractivity contribution < 1.29 is 19.1 Å². The van der Waals surface area contributed by atoms with Gasteiger partial charge in [0.25, 0.3) is 0 Å². The Labute approximate surface area is 111 Å². The van der Waals surface area contributed by atoms with Crippen LogP contribution in [0.1, 0.15) is 19.8 Å². The molecule has 0 aromatic heterocycles. The molecule has 0 atom stereocenters. The summed E-state index contributed by atoms with van der Waals surface area (Å²) in [6, 6.07) is 7.15. The maximum absolute atomic E-state index is 12.2. The van der Waals surface area contributed by atoms with Crippen LogP contribution in [0.25, 0.3) is 0 Å². The molecule has 102 valence electrons. The summed E-state index contributed by atoms with van der Waals surface area (Å²) in [5.74, 6) is -0.204. The second kappa shape index (κ2) is 5.30. The minimum absolute atomic E-state index is 0.327. The first-order valence-electron chi connectivity index (χ1n) is 6.25. The van der Waals surface area contributed by atoms with E-state index in [1.807, 2.05) is 13.0 Å². The van der Waals surface area contributed by atoms with Crippen LogP contribution in [0.15, 0.2) is 24.3 Å². The molecule has 2 rings (SSSR count). The van der Waals surface area contributed by atoms with Gasteiger partial charge in [-0.1, -0.05) is 12.1 Å². The maximum atomic E-state index is 12.2. The van der Waals surface area contributed by atoms with Crippen LogP contribution < -0.4 is 10.1 Å². The highest BCUT2D eigenvalue weighted by molar-refractivity contribution is 6.11. The molecule has 0 unspecified atom stereocenters. The van der Waals surface area contributed by atoms with Gasteiger partial charge in [-0.15, -0.1) is 0 Å². The number of carbonyl (C=O) groups excluding carboxylic acids is 2. The Morgan fingerprint density at radius 3 is 2.58 bits per heavy atom. The third-order valence-corrected chi connectivity index (χ3v) is 3.20. The van der Waals surface area contributed by atoms with Crippen molar-refractivity contribution in [2.24, 2.45) is 5.41 Å². The van der Waals surface area contributed by atoms with E-state index in [0.717, 1.165) is 0 Å². The number of rotatable bonds is 5. The highest BCUT2D eigenvalue weighted by atomic mass is 16.5. The summed E-state index contributed by atoms with van der Waals surface area (Å²) in [5, 5.41) is 2.75. The normalized spacial score (nSPS) is 15.5. The number of anilines is 1. The summed E-state index contributed by atoms with van der Waals surface area (Å²) in [5.41, 5.74) is -0.432. The number of nitrogens with one attached hydrogen (secondary N) is 1. The number of hydrogen-bond acceptors (Lipinski definition) is 4. The lowest BCUT2D eigenvalue weighted by atomic mass is 10.1. The molecule has 0 radical (unpaired) electrons. The van der Waals surface area contributed by atoms with Crippen LogP contribution in [-0.2, 0) is 14.3 Å². The molecule has 0 spiro atoms. The first-order valence-corrected chi connectivity index (χ1v) is 6.25. The van der Waals surface area contributed by atoms with E-state index >= 15 is 0 Å². The second-order valence-electron chi connectivity index (χ2n) is 4.46. The Bertz CT molecular complexity index is 494. The first kappa shape index (κ1) is 13.4. The van der Waals surface area contributed by atoms with Gasteiger partial charge in [-0.2, -0.15) is 0 Å². The number of hydrogen-bond donors (Lipinski definition) is 1. The molecule has 1 N–H and O–H groups in total. The van der Waals surface area contributed by atoms with Gasteiger partial charge < -0.3 is 14.8 Å². The van der Waals surface area contributed by atoms with E-state index in [-0.39, 0.29) is 5.91 Å². The highest BCUT2D eigenvalue weighted by Gasteiger charge is 2.57. The zero-order chi connectivity index (χ0) is 13.9. The Kier molecular flexibility index (Phi) is 3.74. The zero-order valence-corrected chi connectivity index (χ0v) is 11.1. The first-order chi connectivity index (χ1) is 9.14. The van der Waals surface area contributed by atoms with E-state index in [4.69, 9.17) is 4.74 Å². The van der Waals surface area contributed by atoms with Gasteiger partial charge in [0, 0.05) is 0 Å². The van der Waals surface area contributed by atoms with Crippen molar-refractivity contribution in [1.82, 2.24) is 0 Å². The van der Waals surface area contributed by atoms with Gasteiger partial charge in [0.15, 0.2) is 0 Å². The summed E-state index contributed by atoms with van der Waals surface area (Å²) in [6.45, 7) is 2.38. The monoisotopic (exact) mass is 263 g/mol. The van der Waals surface area contributed by atoms with E-state index in [1.54, 1.807) is 18.2 Å². The minimum Gasteiger partial charge on any atom is -0.492 e. The zero-order valence-electron chi connectivity index (χ0n) is 11.1. The van der Waals surface area contributed by atoms with Crippen molar-refractivity contribution in [1.29, 1.82) is 0 Å². The average Bonchev–Trinajstić information content (AvgIpc) is 3.22. The lowest BCUT2D eigenvalue weighted by Gasteiger charge is -2.15. The summed E-state index contributed by atoms with van der Waals surface area (Å²) in [4.78, 5) is 23.8. The summed E-state index contributed by atoms with van der Waals surface area (Å²) in [6.07, 6.45) is 1.06. The largest absolute Gasteiger partial charge is 0.492 e. The lowest BCUT2D eigenvalue weighted by molar-refractivity contribution is -0.150. The van der Waals surface area contributed by atoms with E-state index in [0.29, 0.717) is 30.9 Å². The number of methoxy groups -OCH3 is 1. The molecule has 1 fully saturated rings. The highest BCUT2D eigenvalue weighted by Crippen LogP contribution is 2.47. The van der Waals surface area contributed by atoms with Crippen LogP contribution in [-0.4, -0.2) is 25.6 Å². The Morgan fingerprint density at radius 1 is 1.32 bits per heavy atom. The Balaban J connectivity index is 2.14. The van der Waals surface area contributed by atoms with Crippen LogP contribution in [0, 0.1) is 5.41 Å². The fraction of sp³-hybridized carbons (Fsp3) is 0.429. The van der Waals surface area contributed by atoms with Crippen molar-refractivity contribution >= 4 is 17.6 Å². The molecule has 1 amide bonds. The van der Waals surface area contributed by atoms with Crippen LogP contribution in [0.3, 0.4) is 0 Å². The number of ether oxygens (including phenoxy) is 2. The third-order valence-electron chi connectivity index (χ3n) is 3.20. The third kappa shape index (κ3) is 2.54. The van der Waals surface area contributed by atoms with Gasteiger partial charge in [-0.05, 0) is 31.9 Å². The predicted octanol–water partition coefficient (Wildman–Crippen LogP) is 1.98. The number of para-hydroxylation sites is 2. The number of carbonyl (C=O) groups is 2. The molecular weight excluding hydrogens is 246 g/mol. The summed E-state index contributed by atoms with van der Waals surface area (Å²) in [7, 11) is 1.30. The van der Waals surface area contributed by atoms with E-state index in [9.17, 15) is 9.59 Å². The lowest BCUT2D eigenvalue weighted by Crippen LogP contribution is -2.32. The summed E-state index contributed by atoms with van der Waals surface area (Å²) >= 11 is 0. The van der Waals surface area contributed by atoms with Crippen molar-refractivity contribution in [2.45, 2.75) is 19.8 Å². The molecule has 1 aliphatic carbocycles. The molecule has 1 aliphatic rings. The topological polar surface area (TPSA) is 64.6 Å². The molecule has 0 heterocycles. The molecule has 1 aromatic rings. The van der Waals surface area contributed by atoms with Crippen LogP contribution in [0.4, 0.5) is 5.69 Å². The SMILES string of the molecule is CCOc1ccccc1NC(=O)C1(C(=O)OC)CC1. The van der Waals surface area contributed by atoms with Crippen LogP contribution in [0.5, 0.6) is 5.75 Å². The van der Waals surface area contributed by atoms with Crippen molar-refractivity contribution in [3.05, 3.63) is 24.3 Å². The molecule has 5 nitrogen and oxygen atoms in total. The molecule has 0 aliphatic heterocycles.